The first-order valence-corrected chi connectivity index (χ1v) is 6.73. The van der Waals surface area contributed by atoms with Crippen molar-refractivity contribution in [2.75, 3.05) is 6.54 Å². The lowest BCUT2D eigenvalue weighted by Crippen LogP contribution is -2.26. The van der Waals surface area contributed by atoms with Crippen LogP contribution in [0.1, 0.15) is 38.4 Å². The largest absolute Gasteiger partial charge is 0.311 e. The first-order valence-electron chi connectivity index (χ1n) is 5.85. The van der Waals surface area contributed by atoms with Crippen molar-refractivity contribution in [3.05, 3.63) is 21.7 Å². The Bertz CT molecular complexity index is 351. The van der Waals surface area contributed by atoms with Gasteiger partial charge < -0.3 is 5.32 Å². The first-order chi connectivity index (χ1) is 7.49. The zero-order valence-corrected chi connectivity index (χ0v) is 11.7. The normalized spacial score (nSPS) is 12.8. The van der Waals surface area contributed by atoms with E-state index < -0.39 is 0 Å². The number of nitrogens with zero attached hydrogens (tertiary/aromatic N) is 1. The lowest BCUT2D eigenvalue weighted by Gasteiger charge is -2.14. The lowest BCUT2D eigenvalue weighted by molar-refractivity contribution is 0.593. The summed E-state index contributed by atoms with van der Waals surface area (Å²) in [6.07, 6.45) is 2.21. The van der Waals surface area contributed by atoms with Gasteiger partial charge in [0, 0.05) is 18.0 Å². The molecule has 0 bridgehead atoms. The number of rotatable bonds is 5. The van der Waals surface area contributed by atoms with Gasteiger partial charge >= 0.3 is 0 Å². The number of thiazole rings is 1. The molecular weight excluding hydrogens is 216 g/mol. The topological polar surface area (TPSA) is 24.9 Å². The van der Waals surface area contributed by atoms with Crippen LogP contribution in [-0.2, 0) is 0 Å². The molecule has 0 radical (unpaired) electrons. The molecule has 2 nitrogen and oxygen atoms in total. The van der Waals surface area contributed by atoms with Crippen molar-refractivity contribution in [1.29, 1.82) is 0 Å². The number of aryl methyl sites for hydroxylation is 1. The van der Waals surface area contributed by atoms with Crippen LogP contribution in [0, 0.1) is 12.8 Å². The summed E-state index contributed by atoms with van der Waals surface area (Å²) in [4.78, 5) is 4.47. The molecule has 0 amide bonds. The molecule has 90 valence electrons. The second kappa shape index (κ2) is 6.16. The molecule has 0 saturated carbocycles. The third-order valence-electron chi connectivity index (χ3n) is 2.43. The summed E-state index contributed by atoms with van der Waals surface area (Å²) in [5, 5.41) is 6.71. The average molecular weight is 238 g/mol. The molecule has 0 atom stereocenters. The van der Waals surface area contributed by atoms with Gasteiger partial charge in [0.1, 0.15) is 0 Å². The molecule has 0 aliphatic rings. The van der Waals surface area contributed by atoms with Gasteiger partial charge in [0.2, 0.25) is 0 Å². The summed E-state index contributed by atoms with van der Waals surface area (Å²) in [6, 6.07) is 0.527. The van der Waals surface area contributed by atoms with E-state index in [1.165, 1.54) is 5.57 Å². The quantitative estimate of drug-likeness (QED) is 0.849. The summed E-state index contributed by atoms with van der Waals surface area (Å²) in [5.41, 5.74) is 2.51. The second-order valence-corrected chi connectivity index (χ2v) is 5.76. The highest BCUT2D eigenvalue weighted by molar-refractivity contribution is 7.09. The Morgan fingerprint density at radius 1 is 1.44 bits per heavy atom. The standard InChI is InChI=1S/C13H22N2S/c1-9(2)12(7-14-10(3)4)6-13-8-16-11(5)15-13/h6,8-10,14H,7H2,1-5H3. The molecule has 0 saturated heterocycles. The van der Waals surface area contributed by atoms with Gasteiger partial charge in [-0.2, -0.15) is 0 Å². The van der Waals surface area contributed by atoms with Gasteiger partial charge in [0.25, 0.3) is 0 Å². The van der Waals surface area contributed by atoms with Crippen molar-refractivity contribution in [2.45, 2.75) is 40.7 Å². The molecule has 1 aromatic heterocycles. The predicted molar refractivity (Wildman–Crippen MR) is 72.8 cm³/mol. The molecule has 0 unspecified atom stereocenters. The number of aromatic nitrogens is 1. The van der Waals surface area contributed by atoms with Gasteiger partial charge in [-0.3, -0.25) is 0 Å². The molecule has 0 fully saturated rings. The van der Waals surface area contributed by atoms with Crippen LogP contribution in [0.3, 0.4) is 0 Å². The fraction of sp³-hybridized carbons (Fsp3) is 0.615. The highest BCUT2D eigenvalue weighted by Crippen LogP contribution is 2.16. The fourth-order valence-electron chi connectivity index (χ4n) is 1.38. The Hall–Kier alpha value is -0.670. The molecule has 1 N–H and O–H groups in total. The van der Waals surface area contributed by atoms with Gasteiger partial charge in [-0.25, -0.2) is 4.98 Å². The van der Waals surface area contributed by atoms with Crippen LogP contribution in [0.2, 0.25) is 0 Å². The van der Waals surface area contributed by atoms with E-state index in [0.717, 1.165) is 17.2 Å². The molecule has 0 aliphatic heterocycles. The molecule has 3 heteroatoms. The van der Waals surface area contributed by atoms with Gasteiger partial charge in [-0.05, 0) is 18.9 Å². The summed E-state index contributed by atoms with van der Waals surface area (Å²) in [5.74, 6) is 0.563. The molecule has 0 spiro atoms. The minimum absolute atomic E-state index is 0.527. The van der Waals surface area contributed by atoms with E-state index in [-0.39, 0.29) is 0 Å². The van der Waals surface area contributed by atoms with Crippen LogP contribution in [-0.4, -0.2) is 17.6 Å². The van der Waals surface area contributed by atoms with Crippen molar-refractivity contribution in [2.24, 2.45) is 5.92 Å². The SMILES string of the molecule is Cc1nc(C=C(CNC(C)C)C(C)C)cs1. The van der Waals surface area contributed by atoms with Gasteiger partial charge in [-0.1, -0.05) is 33.3 Å². The highest BCUT2D eigenvalue weighted by atomic mass is 32.1. The van der Waals surface area contributed by atoms with Crippen LogP contribution in [0.15, 0.2) is 11.0 Å². The van der Waals surface area contributed by atoms with Crippen LogP contribution in [0.5, 0.6) is 0 Å². The van der Waals surface area contributed by atoms with Crippen LogP contribution >= 0.6 is 11.3 Å². The third-order valence-corrected chi connectivity index (χ3v) is 3.22. The van der Waals surface area contributed by atoms with Gasteiger partial charge in [0.15, 0.2) is 0 Å². The van der Waals surface area contributed by atoms with E-state index in [9.17, 15) is 0 Å². The molecule has 1 heterocycles. The zero-order chi connectivity index (χ0) is 12.1. The summed E-state index contributed by atoms with van der Waals surface area (Å²) >= 11 is 1.71. The summed E-state index contributed by atoms with van der Waals surface area (Å²) < 4.78 is 0. The van der Waals surface area contributed by atoms with Crippen LogP contribution in [0.4, 0.5) is 0 Å². The third kappa shape index (κ3) is 4.45. The minimum atomic E-state index is 0.527. The second-order valence-electron chi connectivity index (χ2n) is 4.70. The summed E-state index contributed by atoms with van der Waals surface area (Å²) in [6.45, 7) is 11.8. The van der Waals surface area contributed by atoms with Gasteiger partial charge in [0.05, 0.1) is 10.7 Å². The Morgan fingerprint density at radius 3 is 2.56 bits per heavy atom. The van der Waals surface area contributed by atoms with E-state index in [1.54, 1.807) is 11.3 Å². The molecular formula is C13H22N2S. The van der Waals surface area contributed by atoms with E-state index in [4.69, 9.17) is 0 Å². The molecule has 0 aliphatic carbocycles. The molecule has 16 heavy (non-hydrogen) atoms. The lowest BCUT2D eigenvalue weighted by atomic mass is 10.0. The van der Waals surface area contributed by atoms with Gasteiger partial charge in [-0.15, -0.1) is 11.3 Å². The first kappa shape index (κ1) is 13.4. The Balaban J connectivity index is 2.73. The van der Waals surface area contributed by atoms with Crippen molar-refractivity contribution in [3.63, 3.8) is 0 Å². The molecule has 1 aromatic rings. The minimum Gasteiger partial charge on any atom is -0.311 e. The van der Waals surface area contributed by atoms with Crippen LogP contribution < -0.4 is 5.32 Å². The van der Waals surface area contributed by atoms with Crippen molar-refractivity contribution < 1.29 is 0 Å². The predicted octanol–water partition coefficient (Wildman–Crippen LogP) is 3.49. The van der Waals surface area contributed by atoms with E-state index in [2.05, 4.69) is 49.5 Å². The number of nitrogens with one attached hydrogen (secondary N) is 1. The Morgan fingerprint density at radius 2 is 2.12 bits per heavy atom. The maximum atomic E-state index is 4.47. The van der Waals surface area contributed by atoms with Crippen molar-refractivity contribution in [3.8, 4) is 0 Å². The van der Waals surface area contributed by atoms with E-state index >= 15 is 0 Å². The average Bonchev–Trinajstić information content (AvgIpc) is 2.57. The van der Waals surface area contributed by atoms with E-state index in [0.29, 0.717) is 12.0 Å². The Labute approximate surface area is 103 Å². The highest BCUT2D eigenvalue weighted by Gasteiger charge is 2.05. The monoisotopic (exact) mass is 238 g/mol. The maximum absolute atomic E-state index is 4.47. The van der Waals surface area contributed by atoms with E-state index in [1.807, 2.05) is 6.92 Å². The van der Waals surface area contributed by atoms with Crippen LogP contribution in [0.25, 0.3) is 6.08 Å². The fourth-order valence-corrected chi connectivity index (χ4v) is 1.95. The number of hydrogen-bond acceptors (Lipinski definition) is 3. The molecule has 1 rings (SSSR count). The summed E-state index contributed by atoms with van der Waals surface area (Å²) in [7, 11) is 0. The smallest absolute Gasteiger partial charge is 0.0901 e. The number of hydrogen-bond donors (Lipinski definition) is 1. The van der Waals surface area contributed by atoms with Crippen molar-refractivity contribution in [1.82, 2.24) is 10.3 Å². The maximum Gasteiger partial charge on any atom is 0.0901 e. The zero-order valence-electron chi connectivity index (χ0n) is 10.9. The Kier molecular flexibility index (Phi) is 5.16. The molecule has 0 aromatic carbocycles. The van der Waals surface area contributed by atoms with Crippen molar-refractivity contribution >= 4 is 17.4 Å².